The van der Waals surface area contributed by atoms with Crippen molar-refractivity contribution in [1.29, 1.82) is 5.26 Å². The molecule has 0 radical (unpaired) electrons. The van der Waals surface area contributed by atoms with Crippen molar-refractivity contribution in [2.24, 2.45) is 11.8 Å². The Morgan fingerprint density at radius 1 is 1.40 bits per heavy atom. The number of hydrogen-bond donors (Lipinski definition) is 2. The molecule has 4 rings (SSSR count). The molecule has 1 aliphatic carbocycles. The van der Waals surface area contributed by atoms with Gasteiger partial charge in [0.2, 0.25) is 0 Å². The number of carbonyl (C=O) groups is 1. The van der Waals surface area contributed by atoms with E-state index in [-0.39, 0.29) is 16.7 Å². The van der Waals surface area contributed by atoms with Gasteiger partial charge in [-0.3, -0.25) is 15.6 Å². The van der Waals surface area contributed by atoms with Gasteiger partial charge in [-0.2, -0.15) is 5.26 Å². The number of carbonyl (C=O) groups excluding carboxylic acids is 1. The molecule has 2 heterocycles. The van der Waals surface area contributed by atoms with Gasteiger partial charge < -0.3 is 9.64 Å². The van der Waals surface area contributed by atoms with Crippen molar-refractivity contribution in [1.82, 2.24) is 15.3 Å². The van der Waals surface area contributed by atoms with Gasteiger partial charge in [0.1, 0.15) is 11.1 Å². The summed E-state index contributed by atoms with van der Waals surface area (Å²) in [6, 6.07) is 8.94. The van der Waals surface area contributed by atoms with Crippen molar-refractivity contribution in [2.45, 2.75) is 23.6 Å². The van der Waals surface area contributed by atoms with Gasteiger partial charge in [-0.1, -0.05) is 11.8 Å². The standard InChI is InChI=1S/C22H21N5O2S/c1-29-19-6-4-15(11-23)10-17(19)18-12-25-9-8-16(18)22(28)27-13-21(27)30-20(26-24)7-5-14-2-3-14/h4,6,8-10,12,14,20-21,26H,2-3,13,24H2,1H3. The highest BCUT2D eigenvalue weighted by Crippen LogP contribution is 2.37. The molecular formula is C22H21N5O2S. The molecule has 2 atom stereocenters. The number of aromatic nitrogens is 1. The number of nitrogens with zero attached hydrogens (tertiary/aromatic N) is 3. The average molecular weight is 420 g/mol. The van der Waals surface area contributed by atoms with Gasteiger partial charge in [0.15, 0.2) is 0 Å². The molecule has 2 aliphatic rings. The van der Waals surface area contributed by atoms with Crippen LogP contribution < -0.4 is 16.0 Å². The molecule has 3 N–H and O–H groups in total. The van der Waals surface area contributed by atoms with Gasteiger partial charge in [0.25, 0.3) is 5.91 Å². The fourth-order valence-corrected chi connectivity index (χ4v) is 4.10. The summed E-state index contributed by atoms with van der Waals surface area (Å²) in [6.07, 6.45) is 5.53. The van der Waals surface area contributed by atoms with Crippen LogP contribution in [0.5, 0.6) is 5.75 Å². The second kappa shape index (κ2) is 8.76. The molecule has 8 heteroatoms. The van der Waals surface area contributed by atoms with Crippen LogP contribution in [0.1, 0.15) is 28.8 Å². The van der Waals surface area contributed by atoms with Crippen molar-refractivity contribution in [2.75, 3.05) is 13.7 Å². The molecule has 152 valence electrons. The van der Waals surface area contributed by atoms with Gasteiger partial charge in [0, 0.05) is 29.4 Å². The van der Waals surface area contributed by atoms with Crippen LogP contribution >= 0.6 is 11.8 Å². The molecule has 2 fully saturated rings. The minimum atomic E-state index is -0.210. The molecule has 1 saturated heterocycles. The van der Waals surface area contributed by atoms with Crippen LogP contribution in [0.15, 0.2) is 36.7 Å². The van der Waals surface area contributed by atoms with Crippen LogP contribution in [0.3, 0.4) is 0 Å². The van der Waals surface area contributed by atoms with E-state index >= 15 is 0 Å². The van der Waals surface area contributed by atoms with E-state index < -0.39 is 0 Å². The predicted octanol–water partition coefficient (Wildman–Crippen LogP) is 2.35. The number of hydrogen-bond acceptors (Lipinski definition) is 7. The Labute approximate surface area is 179 Å². The lowest BCUT2D eigenvalue weighted by atomic mass is 9.99. The third kappa shape index (κ3) is 4.42. The van der Waals surface area contributed by atoms with Crippen molar-refractivity contribution in [3.63, 3.8) is 0 Å². The Hall–Kier alpha value is -3.04. The Balaban J connectivity index is 1.54. The van der Waals surface area contributed by atoms with E-state index in [4.69, 9.17) is 10.6 Å². The summed E-state index contributed by atoms with van der Waals surface area (Å²) in [5.41, 5.74) is 5.01. The number of pyridine rings is 1. The summed E-state index contributed by atoms with van der Waals surface area (Å²) in [7, 11) is 1.56. The number of benzene rings is 1. The summed E-state index contributed by atoms with van der Waals surface area (Å²) in [5.74, 6) is 13.0. The molecule has 1 aromatic carbocycles. The summed E-state index contributed by atoms with van der Waals surface area (Å²) >= 11 is 1.54. The van der Waals surface area contributed by atoms with E-state index in [1.165, 1.54) is 11.8 Å². The molecule has 7 nitrogen and oxygen atoms in total. The fourth-order valence-electron chi connectivity index (χ4n) is 3.08. The zero-order chi connectivity index (χ0) is 21.1. The number of nitrogens with two attached hydrogens (primary N) is 1. The first-order valence-electron chi connectivity index (χ1n) is 9.60. The Morgan fingerprint density at radius 2 is 2.23 bits per heavy atom. The zero-order valence-corrected chi connectivity index (χ0v) is 17.3. The number of amides is 1. The number of nitriles is 1. The second-order valence-corrected chi connectivity index (χ2v) is 8.39. The van der Waals surface area contributed by atoms with Crippen molar-refractivity contribution in [3.8, 4) is 34.8 Å². The first-order valence-corrected chi connectivity index (χ1v) is 10.5. The van der Waals surface area contributed by atoms with Gasteiger partial charge in [0.05, 0.1) is 36.2 Å². The van der Waals surface area contributed by atoms with Crippen LogP contribution in [0.4, 0.5) is 0 Å². The first-order chi connectivity index (χ1) is 14.6. The molecule has 0 spiro atoms. The van der Waals surface area contributed by atoms with E-state index in [0.717, 1.165) is 12.8 Å². The highest BCUT2D eigenvalue weighted by Gasteiger charge is 2.41. The Morgan fingerprint density at radius 3 is 2.93 bits per heavy atom. The largest absolute Gasteiger partial charge is 0.496 e. The Kier molecular flexibility index (Phi) is 5.91. The maximum atomic E-state index is 13.2. The number of nitrogens with one attached hydrogen (secondary N) is 1. The molecular weight excluding hydrogens is 398 g/mol. The van der Waals surface area contributed by atoms with Crippen molar-refractivity contribution >= 4 is 17.7 Å². The monoisotopic (exact) mass is 419 g/mol. The van der Waals surface area contributed by atoms with Gasteiger partial charge in [-0.25, -0.2) is 5.43 Å². The van der Waals surface area contributed by atoms with E-state index in [9.17, 15) is 10.1 Å². The van der Waals surface area contributed by atoms with Crippen LogP contribution in [0.25, 0.3) is 11.1 Å². The third-order valence-electron chi connectivity index (χ3n) is 4.94. The summed E-state index contributed by atoms with van der Waals surface area (Å²) < 4.78 is 5.45. The maximum Gasteiger partial charge on any atom is 0.255 e. The molecule has 0 bridgehead atoms. The number of hydrazine groups is 1. The molecule has 2 unspecified atom stereocenters. The molecule has 1 aliphatic heterocycles. The predicted molar refractivity (Wildman–Crippen MR) is 115 cm³/mol. The second-order valence-electron chi connectivity index (χ2n) is 7.11. The van der Waals surface area contributed by atoms with Gasteiger partial charge in [-0.05, 0) is 37.1 Å². The zero-order valence-electron chi connectivity index (χ0n) is 16.5. The van der Waals surface area contributed by atoms with Crippen LogP contribution in [0.2, 0.25) is 0 Å². The first kappa shape index (κ1) is 20.2. The van der Waals surface area contributed by atoms with E-state index in [0.29, 0.717) is 40.5 Å². The van der Waals surface area contributed by atoms with Gasteiger partial charge in [-0.15, -0.1) is 11.8 Å². The lowest BCUT2D eigenvalue weighted by Gasteiger charge is -2.14. The number of rotatable bonds is 6. The van der Waals surface area contributed by atoms with Crippen LogP contribution in [0, 0.1) is 29.1 Å². The minimum absolute atomic E-state index is 0.0143. The smallest absolute Gasteiger partial charge is 0.255 e. The van der Waals surface area contributed by atoms with Gasteiger partial charge >= 0.3 is 0 Å². The van der Waals surface area contributed by atoms with E-state index in [1.807, 2.05) is 0 Å². The molecule has 2 aromatic rings. The number of thioether (sulfide) groups is 1. The quantitative estimate of drug-likeness (QED) is 0.243. The highest BCUT2D eigenvalue weighted by molar-refractivity contribution is 8.00. The lowest BCUT2D eigenvalue weighted by Crippen LogP contribution is -2.32. The van der Waals surface area contributed by atoms with Crippen molar-refractivity contribution in [3.05, 3.63) is 47.8 Å². The normalized spacial score (nSPS) is 18.0. The van der Waals surface area contributed by atoms with Crippen LogP contribution in [-0.4, -0.2) is 40.2 Å². The molecule has 1 amide bonds. The molecule has 30 heavy (non-hydrogen) atoms. The number of ether oxygens (including phenoxy) is 1. The van der Waals surface area contributed by atoms with Crippen molar-refractivity contribution < 1.29 is 9.53 Å². The summed E-state index contributed by atoms with van der Waals surface area (Å²) in [5, 5.41) is 9.07. The van der Waals surface area contributed by atoms with Crippen LogP contribution in [-0.2, 0) is 0 Å². The van der Waals surface area contributed by atoms with E-state index in [1.54, 1.807) is 48.7 Å². The third-order valence-corrected chi connectivity index (χ3v) is 6.18. The topological polar surface area (TPSA) is 104 Å². The van der Waals surface area contributed by atoms with E-state index in [2.05, 4.69) is 28.3 Å². The molecule has 1 aromatic heterocycles. The number of methoxy groups -OCH3 is 1. The lowest BCUT2D eigenvalue weighted by molar-refractivity contribution is 0.0883. The average Bonchev–Trinajstić information content (AvgIpc) is 3.71. The minimum Gasteiger partial charge on any atom is -0.496 e. The highest BCUT2D eigenvalue weighted by atomic mass is 32.2. The maximum absolute atomic E-state index is 13.2. The Bertz CT molecular complexity index is 1070. The summed E-state index contributed by atoms with van der Waals surface area (Å²) in [6.45, 7) is 0.629. The molecule has 1 saturated carbocycles. The fraction of sp³-hybridized carbons (Fsp3) is 0.318. The SMILES string of the molecule is COc1ccc(C#N)cc1-c1cnccc1C(=O)N1CC1SC(C#CC1CC1)NN. The summed E-state index contributed by atoms with van der Waals surface area (Å²) in [4.78, 5) is 19.2.